The van der Waals surface area contributed by atoms with Crippen molar-refractivity contribution in [1.82, 2.24) is 5.32 Å². The fourth-order valence-corrected chi connectivity index (χ4v) is 2.41. The standard InChI is InChI=1S/C15H19FN2OS/c1-3-13(10-20-2)18-15(19)14-9-12(16)7-6-11(14)5-4-8-17/h6-7,9,13H,3,8,10,17H2,1-2H3,(H,18,19). The molecule has 0 aromatic heterocycles. The average Bonchev–Trinajstić information content (AvgIpc) is 2.45. The van der Waals surface area contributed by atoms with Crippen LogP contribution in [0.4, 0.5) is 4.39 Å². The summed E-state index contributed by atoms with van der Waals surface area (Å²) in [6.45, 7) is 2.20. The molecule has 5 heteroatoms. The molecule has 1 unspecified atom stereocenters. The van der Waals surface area contributed by atoms with Crippen molar-refractivity contribution >= 4 is 17.7 Å². The minimum Gasteiger partial charge on any atom is -0.348 e. The minimum absolute atomic E-state index is 0.0658. The lowest BCUT2D eigenvalue weighted by Gasteiger charge is -2.16. The Labute approximate surface area is 123 Å². The Morgan fingerprint density at radius 2 is 2.30 bits per heavy atom. The van der Waals surface area contributed by atoms with Crippen molar-refractivity contribution in [2.24, 2.45) is 5.73 Å². The quantitative estimate of drug-likeness (QED) is 0.817. The topological polar surface area (TPSA) is 55.1 Å². The molecule has 1 atom stereocenters. The highest BCUT2D eigenvalue weighted by atomic mass is 32.2. The van der Waals surface area contributed by atoms with Gasteiger partial charge < -0.3 is 11.1 Å². The van der Waals surface area contributed by atoms with Gasteiger partial charge in [0.2, 0.25) is 0 Å². The smallest absolute Gasteiger partial charge is 0.252 e. The fraction of sp³-hybridized carbons (Fsp3) is 0.400. The molecule has 0 aliphatic carbocycles. The van der Waals surface area contributed by atoms with E-state index in [9.17, 15) is 9.18 Å². The number of nitrogens with one attached hydrogen (secondary N) is 1. The largest absolute Gasteiger partial charge is 0.348 e. The molecule has 0 saturated heterocycles. The molecule has 1 rings (SSSR count). The van der Waals surface area contributed by atoms with Gasteiger partial charge in [0, 0.05) is 17.4 Å². The molecule has 0 saturated carbocycles. The van der Waals surface area contributed by atoms with Crippen molar-refractivity contribution in [3.05, 3.63) is 35.1 Å². The predicted octanol–water partition coefficient (Wildman–Crippen LogP) is 2.01. The van der Waals surface area contributed by atoms with Crippen LogP contribution in [0, 0.1) is 17.7 Å². The van der Waals surface area contributed by atoms with Gasteiger partial charge in [-0.2, -0.15) is 11.8 Å². The van der Waals surface area contributed by atoms with Crippen LogP contribution < -0.4 is 11.1 Å². The number of halogens is 1. The number of carbonyl (C=O) groups excluding carboxylic acids is 1. The van der Waals surface area contributed by atoms with Crippen LogP contribution in [0.5, 0.6) is 0 Å². The molecule has 1 amide bonds. The summed E-state index contributed by atoms with van der Waals surface area (Å²) < 4.78 is 13.3. The van der Waals surface area contributed by atoms with Gasteiger partial charge >= 0.3 is 0 Å². The Kier molecular flexibility index (Phi) is 7.13. The zero-order valence-corrected chi connectivity index (χ0v) is 12.5. The minimum atomic E-state index is -0.452. The third kappa shape index (κ3) is 4.87. The number of hydrogen-bond donors (Lipinski definition) is 2. The van der Waals surface area contributed by atoms with E-state index in [1.54, 1.807) is 11.8 Å². The van der Waals surface area contributed by atoms with Crippen molar-refractivity contribution < 1.29 is 9.18 Å². The highest BCUT2D eigenvalue weighted by Crippen LogP contribution is 2.12. The van der Waals surface area contributed by atoms with E-state index in [1.165, 1.54) is 18.2 Å². The van der Waals surface area contributed by atoms with E-state index in [2.05, 4.69) is 17.2 Å². The second kappa shape index (κ2) is 8.62. The molecule has 0 bridgehead atoms. The zero-order chi connectivity index (χ0) is 15.0. The predicted molar refractivity (Wildman–Crippen MR) is 82.3 cm³/mol. The van der Waals surface area contributed by atoms with Crippen molar-refractivity contribution in [3.8, 4) is 11.8 Å². The first-order chi connectivity index (χ1) is 9.62. The van der Waals surface area contributed by atoms with Crippen molar-refractivity contribution in [3.63, 3.8) is 0 Å². The lowest BCUT2D eigenvalue weighted by Crippen LogP contribution is -2.36. The summed E-state index contributed by atoms with van der Waals surface area (Å²) in [6, 6.07) is 4.07. The van der Waals surface area contributed by atoms with Gasteiger partial charge in [-0.3, -0.25) is 4.79 Å². The van der Waals surface area contributed by atoms with E-state index >= 15 is 0 Å². The number of amides is 1. The van der Waals surface area contributed by atoms with Crippen molar-refractivity contribution in [2.45, 2.75) is 19.4 Å². The molecular weight excluding hydrogens is 275 g/mol. The molecule has 0 fully saturated rings. The Morgan fingerprint density at radius 1 is 1.55 bits per heavy atom. The van der Waals surface area contributed by atoms with Crippen LogP contribution in [0.25, 0.3) is 0 Å². The Morgan fingerprint density at radius 3 is 2.90 bits per heavy atom. The maximum atomic E-state index is 13.3. The normalized spacial score (nSPS) is 11.4. The van der Waals surface area contributed by atoms with Crippen molar-refractivity contribution in [2.75, 3.05) is 18.6 Å². The van der Waals surface area contributed by atoms with Gasteiger partial charge in [-0.25, -0.2) is 4.39 Å². The molecule has 0 aliphatic rings. The molecule has 20 heavy (non-hydrogen) atoms. The van der Waals surface area contributed by atoms with Gasteiger partial charge in [0.25, 0.3) is 5.91 Å². The molecular formula is C15H19FN2OS. The Hall–Kier alpha value is -1.51. The molecule has 3 N–H and O–H groups in total. The van der Waals surface area contributed by atoms with Crippen LogP contribution in [0.2, 0.25) is 0 Å². The third-order valence-electron chi connectivity index (χ3n) is 2.75. The fourth-order valence-electron chi connectivity index (χ4n) is 1.69. The van der Waals surface area contributed by atoms with Gasteiger partial charge in [0.1, 0.15) is 5.82 Å². The summed E-state index contributed by atoms with van der Waals surface area (Å²) >= 11 is 1.66. The number of benzene rings is 1. The Balaban J connectivity index is 2.98. The number of hydrogen-bond acceptors (Lipinski definition) is 3. The third-order valence-corrected chi connectivity index (χ3v) is 3.48. The number of thioether (sulfide) groups is 1. The summed E-state index contributed by atoms with van der Waals surface area (Å²) in [6.07, 6.45) is 2.81. The van der Waals surface area contributed by atoms with Crippen molar-refractivity contribution in [1.29, 1.82) is 0 Å². The summed E-state index contributed by atoms with van der Waals surface area (Å²) in [5.74, 6) is 5.55. The second-order valence-electron chi connectivity index (χ2n) is 4.23. The van der Waals surface area contributed by atoms with Crippen LogP contribution >= 0.6 is 11.8 Å². The molecule has 0 radical (unpaired) electrons. The molecule has 1 aromatic carbocycles. The SMILES string of the molecule is CCC(CSC)NC(=O)c1cc(F)ccc1C#CCN. The first-order valence-electron chi connectivity index (χ1n) is 6.40. The van der Waals surface area contributed by atoms with Gasteiger partial charge in [-0.05, 0) is 30.9 Å². The molecule has 0 spiro atoms. The van der Waals surface area contributed by atoms with E-state index in [1.807, 2.05) is 13.2 Å². The first kappa shape index (κ1) is 16.5. The van der Waals surface area contributed by atoms with Gasteiger partial charge in [-0.15, -0.1) is 0 Å². The first-order valence-corrected chi connectivity index (χ1v) is 7.80. The van der Waals surface area contributed by atoms with Gasteiger partial charge in [-0.1, -0.05) is 18.8 Å². The summed E-state index contributed by atoms with van der Waals surface area (Å²) in [5, 5.41) is 2.90. The van der Waals surface area contributed by atoms with E-state index < -0.39 is 5.82 Å². The molecule has 0 aliphatic heterocycles. The maximum Gasteiger partial charge on any atom is 0.252 e. The summed E-state index contributed by atoms with van der Waals surface area (Å²) in [5.41, 5.74) is 6.07. The summed E-state index contributed by atoms with van der Waals surface area (Å²) in [4.78, 5) is 12.2. The number of rotatable bonds is 5. The van der Waals surface area contributed by atoms with Crippen LogP contribution in [-0.2, 0) is 0 Å². The highest BCUT2D eigenvalue weighted by Gasteiger charge is 2.15. The Bertz CT molecular complexity index is 522. The molecule has 1 aromatic rings. The molecule has 3 nitrogen and oxygen atoms in total. The molecule has 108 valence electrons. The summed E-state index contributed by atoms with van der Waals surface area (Å²) in [7, 11) is 0. The number of carbonyl (C=O) groups is 1. The maximum absolute atomic E-state index is 13.3. The zero-order valence-electron chi connectivity index (χ0n) is 11.7. The van der Waals surface area contributed by atoms with E-state index in [0.29, 0.717) is 5.56 Å². The molecule has 0 heterocycles. The highest BCUT2D eigenvalue weighted by molar-refractivity contribution is 7.98. The van der Waals surface area contributed by atoms with E-state index in [4.69, 9.17) is 5.73 Å². The van der Waals surface area contributed by atoms with Gasteiger partial charge in [0.15, 0.2) is 0 Å². The average molecular weight is 294 g/mol. The van der Waals surface area contributed by atoms with Gasteiger partial charge in [0.05, 0.1) is 12.1 Å². The lowest BCUT2D eigenvalue weighted by atomic mass is 10.1. The van der Waals surface area contributed by atoms with E-state index in [-0.39, 0.29) is 24.1 Å². The van der Waals surface area contributed by atoms with Crippen LogP contribution in [0.1, 0.15) is 29.3 Å². The lowest BCUT2D eigenvalue weighted by molar-refractivity contribution is 0.0939. The monoisotopic (exact) mass is 294 g/mol. The van der Waals surface area contributed by atoms with Crippen LogP contribution in [0.3, 0.4) is 0 Å². The van der Waals surface area contributed by atoms with E-state index in [0.717, 1.165) is 12.2 Å². The number of nitrogens with two attached hydrogens (primary N) is 1. The van der Waals surface area contributed by atoms with Crippen LogP contribution in [-0.4, -0.2) is 30.5 Å². The van der Waals surface area contributed by atoms with Crippen LogP contribution in [0.15, 0.2) is 18.2 Å². The second-order valence-corrected chi connectivity index (χ2v) is 5.14.